The van der Waals surface area contributed by atoms with Gasteiger partial charge in [-0.05, 0) is 26.0 Å². The highest BCUT2D eigenvalue weighted by Gasteiger charge is 2.23. The molecule has 0 rings (SSSR count). The Labute approximate surface area is 98.9 Å². The molecule has 2 heteroatoms. The summed E-state index contributed by atoms with van der Waals surface area (Å²) in [4.78, 5) is 0. The van der Waals surface area contributed by atoms with E-state index >= 15 is 0 Å². The third-order valence-corrected chi connectivity index (χ3v) is 4.15. The van der Waals surface area contributed by atoms with Crippen LogP contribution >= 0.6 is 11.8 Å². The summed E-state index contributed by atoms with van der Waals surface area (Å²) in [5.41, 5.74) is 0. The first-order valence-corrected chi connectivity index (χ1v) is 6.92. The van der Waals surface area contributed by atoms with Gasteiger partial charge >= 0.3 is 0 Å². The molecule has 2 atom stereocenters. The molecule has 0 saturated heterocycles. The van der Waals surface area contributed by atoms with Crippen LogP contribution in [0.15, 0.2) is 12.7 Å². The van der Waals surface area contributed by atoms with Crippen molar-refractivity contribution in [2.24, 2.45) is 5.92 Å². The largest absolute Gasteiger partial charge is 0.198 e. The molecule has 0 aliphatic carbocycles. The minimum atomic E-state index is 0.0621. The summed E-state index contributed by atoms with van der Waals surface area (Å²) in [6.45, 7) is 8.21. The lowest BCUT2D eigenvalue weighted by Crippen LogP contribution is -2.20. The number of unbranched alkanes of at least 4 members (excludes halogenated alkanes) is 2. The fourth-order valence-corrected chi connectivity index (χ4v) is 2.13. The van der Waals surface area contributed by atoms with E-state index in [1.165, 1.54) is 19.3 Å². The first-order chi connectivity index (χ1) is 7.11. The summed E-state index contributed by atoms with van der Waals surface area (Å²) in [7, 11) is 0. The summed E-state index contributed by atoms with van der Waals surface area (Å²) < 4.78 is 0.0621. The Hall–Kier alpha value is -0.420. The summed E-state index contributed by atoms with van der Waals surface area (Å²) in [6.07, 6.45) is 9.66. The molecule has 0 fully saturated rings. The summed E-state index contributed by atoms with van der Waals surface area (Å²) in [5, 5.41) is 9.09. The Kier molecular flexibility index (Phi) is 7.60. The van der Waals surface area contributed by atoms with Crippen LogP contribution in [0.3, 0.4) is 0 Å². The van der Waals surface area contributed by atoms with Crippen LogP contribution < -0.4 is 0 Å². The lowest BCUT2D eigenvalue weighted by molar-refractivity contribution is 0.486. The fraction of sp³-hybridized carbons (Fsp3) is 0.769. The second-order valence-electron chi connectivity index (χ2n) is 4.25. The van der Waals surface area contributed by atoms with E-state index in [4.69, 9.17) is 5.26 Å². The molecule has 0 aliphatic rings. The topological polar surface area (TPSA) is 23.8 Å². The van der Waals surface area contributed by atoms with Gasteiger partial charge in [0.25, 0.3) is 0 Å². The quantitative estimate of drug-likeness (QED) is 0.451. The Morgan fingerprint density at radius 2 is 2.20 bits per heavy atom. The fourth-order valence-electron chi connectivity index (χ4n) is 1.59. The average molecular weight is 225 g/mol. The zero-order valence-corrected chi connectivity index (χ0v) is 11.1. The van der Waals surface area contributed by atoms with E-state index in [0.29, 0.717) is 0 Å². The standard InChI is InChI=1S/C13H23NS/c1-5-7-8-9-12(11-14)10-13(3,6-2)15-4/h6,12H,2,5,7-10H2,1,3-4H3. The van der Waals surface area contributed by atoms with E-state index in [9.17, 15) is 0 Å². The van der Waals surface area contributed by atoms with Crippen molar-refractivity contribution < 1.29 is 0 Å². The second kappa shape index (κ2) is 7.82. The van der Waals surface area contributed by atoms with Crippen molar-refractivity contribution in [1.29, 1.82) is 5.26 Å². The molecule has 0 aliphatic heterocycles. The maximum atomic E-state index is 9.09. The van der Waals surface area contributed by atoms with Crippen LogP contribution in [0.25, 0.3) is 0 Å². The normalized spacial score (nSPS) is 16.4. The van der Waals surface area contributed by atoms with Gasteiger partial charge in [0.2, 0.25) is 0 Å². The van der Waals surface area contributed by atoms with E-state index in [1.54, 1.807) is 11.8 Å². The minimum Gasteiger partial charge on any atom is -0.198 e. The van der Waals surface area contributed by atoms with E-state index in [-0.39, 0.29) is 10.7 Å². The van der Waals surface area contributed by atoms with Crippen LogP contribution in [0.2, 0.25) is 0 Å². The summed E-state index contributed by atoms with van der Waals surface area (Å²) in [6, 6.07) is 2.42. The Morgan fingerprint density at radius 1 is 1.53 bits per heavy atom. The van der Waals surface area contributed by atoms with E-state index in [0.717, 1.165) is 12.8 Å². The van der Waals surface area contributed by atoms with Gasteiger partial charge in [0.05, 0.1) is 6.07 Å². The highest BCUT2D eigenvalue weighted by Crippen LogP contribution is 2.32. The second-order valence-corrected chi connectivity index (χ2v) is 5.59. The molecule has 0 aromatic heterocycles. The van der Waals surface area contributed by atoms with Gasteiger partial charge in [0, 0.05) is 10.7 Å². The molecule has 0 radical (unpaired) electrons. The van der Waals surface area contributed by atoms with Gasteiger partial charge < -0.3 is 0 Å². The van der Waals surface area contributed by atoms with Crippen molar-refractivity contribution in [1.82, 2.24) is 0 Å². The number of hydrogen-bond acceptors (Lipinski definition) is 2. The van der Waals surface area contributed by atoms with Gasteiger partial charge in [-0.3, -0.25) is 0 Å². The molecule has 0 aromatic rings. The van der Waals surface area contributed by atoms with Crippen molar-refractivity contribution in [3.63, 3.8) is 0 Å². The summed E-state index contributed by atoms with van der Waals surface area (Å²) >= 11 is 1.79. The van der Waals surface area contributed by atoms with Crippen molar-refractivity contribution in [2.75, 3.05) is 6.26 Å². The number of thioether (sulfide) groups is 1. The van der Waals surface area contributed by atoms with E-state index < -0.39 is 0 Å². The molecule has 0 bridgehead atoms. The van der Waals surface area contributed by atoms with Gasteiger partial charge in [-0.2, -0.15) is 17.0 Å². The maximum Gasteiger partial charge on any atom is 0.0656 e. The Morgan fingerprint density at radius 3 is 2.60 bits per heavy atom. The zero-order chi connectivity index (χ0) is 11.7. The molecule has 0 saturated carbocycles. The van der Waals surface area contributed by atoms with Crippen molar-refractivity contribution in [3.8, 4) is 6.07 Å². The lowest BCUT2D eigenvalue weighted by Gasteiger charge is -2.25. The number of rotatable bonds is 8. The maximum absolute atomic E-state index is 9.09. The van der Waals surface area contributed by atoms with Crippen LogP contribution in [0.5, 0.6) is 0 Å². The third-order valence-electron chi connectivity index (χ3n) is 2.89. The molecule has 2 unspecified atom stereocenters. The van der Waals surface area contributed by atoms with E-state index in [1.807, 2.05) is 6.08 Å². The molecule has 1 nitrogen and oxygen atoms in total. The zero-order valence-electron chi connectivity index (χ0n) is 10.3. The first kappa shape index (κ1) is 14.6. The molecule has 0 heterocycles. The number of nitriles is 1. The van der Waals surface area contributed by atoms with Gasteiger partial charge in [-0.15, -0.1) is 6.58 Å². The van der Waals surface area contributed by atoms with Gasteiger partial charge in [-0.1, -0.05) is 32.3 Å². The molecular weight excluding hydrogens is 202 g/mol. The highest BCUT2D eigenvalue weighted by molar-refractivity contribution is 8.00. The van der Waals surface area contributed by atoms with E-state index in [2.05, 4.69) is 32.8 Å². The molecule has 0 N–H and O–H groups in total. The van der Waals surface area contributed by atoms with Gasteiger partial charge in [0.15, 0.2) is 0 Å². The van der Waals surface area contributed by atoms with Crippen LogP contribution in [0.4, 0.5) is 0 Å². The minimum absolute atomic E-state index is 0.0621. The first-order valence-electron chi connectivity index (χ1n) is 5.70. The number of nitrogens with zero attached hydrogens (tertiary/aromatic N) is 1. The van der Waals surface area contributed by atoms with Crippen LogP contribution in [-0.4, -0.2) is 11.0 Å². The van der Waals surface area contributed by atoms with Crippen LogP contribution in [0.1, 0.15) is 46.0 Å². The molecule has 0 amide bonds. The molecule has 15 heavy (non-hydrogen) atoms. The highest BCUT2D eigenvalue weighted by atomic mass is 32.2. The molecule has 0 aromatic carbocycles. The Bertz CT molecular complexity index is 219. The van der Waals surface area contributed by atoms with Crippen molar-refractivity contribution >= 4 is 11.8 Å². The predicted octanol–water partition coefficient (Wildman–Crippen LogP) is 4.40. The lowest BCUT2D eigenvalue weighted by atomic mass is 9.92. The third kappa shape index (κ3) is 5.89. The van der Waals surface area contributed by atoms with Gasteiger partial charge in [-0.25, -0.2) is 0 Å². The Balaban J connectivity index is 4.09. The van der Waals surface area contributed by atoms with Crippen molar-refractivity contribution in [3.05, 3.63) is 12.7 Å². The molecule has 86 valence electrons. The number of hydrogen-bond donors (Lipinski definition) is 0. The van der Waals surface area contributed by atoms with Crippen LogP contribution in [0, 0.1) is 17.2 Å². The smallest absolute Gasteiger partial charge is 0.0656 e. The monoisotopic (exact) mass is 225 g/mol. The van der Waals surface area contributed by atoms with Gasteiger partial charge in [0.1, 0.15) is 0 Å². The predicted molar refractivity (Wildman–Crippen MR) is 70.0 cm³/mol. The van der Waals surface area contributed by atoms with Crippen molar-refractivity contribution in [2.45, 2.75) is 50.7 Å². The van der Waals surface area contributed by atoms with Crippen LogP contribution in [-0.2, 0) is 0 Å². The average Bonchev–Trinajstić information content (AvgIpc) is 2.27. The SMILES string of the molecule is C=CC(C)(CC(C#N)CCCCC)SC. The summed E-state index contributed by atoms with van der Waals surface area (Å²) in [5.74, 6) is 0.187. The molecular formula is C13H23NS. The molecule has 0 spiro atoms.